The SMILES string of the molecule is C[C@H](NC(=O)C1=Cc2ccccc2OC1)c1cccc2ccccc12. The lowest BCUT2D eigenvalue weighted by molar-refractivity contribution is -0.118. The summed E-state index contributed by atoms with van der Waals surface area (Å²) >= 11 is 0. The fourth-order valence-electron chi connectivity index (χ4n) is 3.24. The van der Waals surface area contributed by atoms with Crippen molar-refractivity contribution in [3.8, 4) is 5.75 Å². The van der Waals surface area contributed by atoms with E-state index in [1.165, 1.54) is 5.39 Å². The summed E-state index contributed by atoms with van der Waals surface area (Å²) in [6, 6.07) is 22.1. The molecule has 3 nitrogen and oxygen atoms in total. The Labute approximate surface area is 146 Å². The van der Waals surface area contributed by atoms with Crippen LogP contribution < -0.4 is 10.1 Å². The van der Waals surface area contributed by atoms with Crippen LogP contribution in [0.25, 0.3) is 16.8 Å². The van der Waals surface area contributed by atoms with E-state index in [1.54, 1.807) is 0 Å². The molecule has 0 spiro atoms. The second kappa shape index (κ2) is 6.44. The van der Waals surface area contributed by atoms with Crippen molar-refractivity contribution in [3.63, 3.8) is 0 Å². The van der Waals surface area contributed by atoms with Crippen molar-refractivity contribution in [1.29, 1.82) is 0 Å². The Kier molecular flexibility index (Phi) is 3.98. The molecule has 3 aromatic carbocycles. The largest absolute Gasteiger partial charge is 0.488 e. The Balaban J connectivity index is 1.58. The highest BCUT2D eigenvalue weighted by Crippen LogP contribution is 2.27. The topological polar surface area (TPSA) is 38.3 Å². The first-order valence-corrected chi connectivity index (χ1v) is 8.43. The van der Waals surface area contributed by atoms with E-state index < -0.39 is 0 Å². The fourth-order valence-corrected chi connectivity index (χ4v) is 3.24. The predicted octanol–water partition coefficient (Wildman–Crippen LogP) is 4.49. The second-order valence-corrected chi connectivity index (χ2v) is 6.26. The molecule has 0 bridgehead atoms. The van der Waals surface area contributed by atoms with Crippen LogP contribution in [-0.2, 0) is 4.79 Å². The number of hydrogen-bond donors (Lipinski definition) is 1. The van der Waals surface area contributed by atoms with E-state index in [0.717, 1.165) is 22.3 Å². The Morgan fingerprint density at radius 3 is 2.68 bits per heavy atom. The molecule has 0 saturated heterocycles. The van der Waals surface area contributed by atoms with Gasteiger partial charge in [0.15, 0.2) is 0 Å². The van der Waals surface area contributed by atoms with Gasteiger partial charge in [0.2, 0.25) is 0 Å². The average Bonchev–Trinajstić information content (AvgIpc) is 2.67. The van der Waals surface area contributed by atoms with Crippen LogP contribution >= 0.6 is 0 Å². The maximum atomic E-state index is 12.7. The van der Waals surface area contributed by atoms with Gasteiger partial charge in [0.05, 0.1) is 11.6 Å². The van der Waals surface area contributed by atoms with E-state index >= 15 is 0 Å². The number of carbonyl (C=O) groups excluding carboxylic acids is 1. The zero-order valence-corrected chi connectivity index (χ0v) is 14.0. The van der Waals surface area contributed by atoms with Crippen molar-refractivity contribution in [2.75, 3.05) is 6.61 Å². The van der Waals surface area contributed by atoms with E-state index in [-0.39, 0.29) is 11.9 Å². The lowest BCUT2D eigenvalue weighted by Gasteiger charge is -2.20. The number of para-hydroxylation sites is 1. The molecule has 0 radical (unpaired) electrons. The maximum Gasteiger partial charge on any atom is 0.251 e. The van der Waals surface area contributed by atoms with Gasteiger partial charge >= 0.3 is 0 Å². The summed E-state index contributed by atoms with van der Waals surface area (Å²) in [6.07, 6.45) is 1.91. The Morgan fingerprint density at radius 1 is 1.00 bits per heavy atom. The van der Waals surface area contributed by atoms with Gasteiger partial charge < -0.3 is 10.1 Å². The molecule has 1 heterocycles. The molecule has 1 atom stereocenters. The van der Waals surface area contributed by atoms with E-state index in [0.29, 0.717) is 12.2 Å². The van der Waals surface area contributed by atoms with Gasteiger partial charge in [-0.1, -0.05) is 60.7 Å². The van der Waals surface area contributed by atoms with Crippen LogP contribution in [0.15, 0.2) is 72.3 Å². The smallest absolute Gasteiger partial charge is 0.251 e. The van der Waals surface area contributed by atoms with E-state index in [1.807, 2.05) is 55.5 Å². The van der Waals surface area contributed by atoms with E-state index in [4.69, 9.17) is 4.74 Å². The molecule has 25 heavy (non-hydrogen) atoms. The first kappa shape index (κ1) is 15.5. The third-order valence-electron chi connectivity index (χ3n) is 4.56. The summed E-state index contributed by atoms with van der Waals surface area (Å²) in [4.78, 5) is 12.7. The zero-order valence-electron chi connectivity index (χ0n) is 14.0. The molecule has 0 saturated carbocycles. The molecule has 0 aliphatic carbocycles. The normalized spacial score (nSPS) is 14.2. The molecular weight excluding hydrogens is 310 g/mol. The highest BCUT2D eigenvalue weighted by molar-refractivity contribution is 5.99. The molecule has 0 aromatic heterocycles. The lowest BCUT2D eigenvalue weighted by atomic mass is 9.99. The Hall–Kier alpha value is -3.07. The highest BCUT2D eigenvalue weighted by atomic mass is 16.5. The monoisotopic (exact) mass is 329 g/mol. The average molecular weight is 329 g/mol. The Bertz CT molecular complexity index is 969. The van der Waals surface area contributed by atoms with Crippen LogP contribution in [-0.4, -0.2) is 12.5 Å². The molecule has 1 aliphatic rings. The number of nitrogens with one attached hydrogen (secondary N) is 1. The lowest BCUT2D eigenvalue weighted by Crippen LogP contribution is -2.31. The van der Waals surface area contributed by atoms with Crippen molar-refractivity contribution >= 4 is 22.8 Å². The first-order valence-electron chi connectivity index (χ1n) is 8.43. The van der Waals surface area contributed by atoms with Gasteiger partial charge in [-0.15, -0.1) is 0 Å². The molecule has 1 amide bonds. The fraction of sp³-hybridized carbons (Fsp3) is 0.136. The zero-order chi connectivity index (χ0) is 17.2. The minimum absolute atomic E-state index is 0.0864. The summed E-state index contributed by atoms with van der Waals surface area (Å²) in [5.41, 5.74) is 2.70. The summed E-state index contributed by atoms with van der Waals surface area (Å²) in [5, 5.41) is 5.44. The molecule has 1 aliphatic heterocycles. The van der Waals surface area contributed by atoms with Crippen LogP contribution in [0.2, 0.25) is 0 Å². The van der Waals surface area contributed by atoms with Crippen molar-refractivity contribution in [2.24, 2.45) is 0 Å². The van der Waals surface area contributed by atoms with Crippen molar-refractivity contribution < 1.29 is 9.53 Å². The summed E-state index contributed by atoms with van der Waals surface area (Å²) in [6.45, 7) is 2.31. The van der Waals surface area contributed by atoms with Gasteiger partial charge in [0.25, 0.3) is 5.91 Å². The molecule has 3 aromatic rings. The summed E-state index contributed by atoms with van der Waals surface area (Å²) < 4.78 is 5.69. The van der Waals surface area contributed by atoms with Gasteiger partial charge in [0.1, 0.15) is 12.4 Å². The van der Waals surface area contributed by atoms with Crippen molar-refractivity contribution in [1.82, 2.24) is 5.32 Å². The molecule has 1 N–H and O–H groups in total. The van der Waals surface area contributed by atoms with E-state index in [2.05, 4.69) is 29.6 Å². The van der Waals surface area contributed by atoms with Crippen molar-refractivity contribution in [3.05, 3.63) is 83.4 Å². The maximum absolute atomic E-state index is 12.7. The van der Waals surface area contributed by atoms with Crippen LogP contribution in [0.4, 0.5) is 0 Å². The third-order valence-corrected chi connectivity index (χ3v) is 4.56. The quantitative estimate of drug-likeness (QED) is 0.769. The minimum Gasteiger partial charge on any atom is -0.488 e. The van der Waals surface area contributed by atoms with Gasteiger partial charge in [-0.3, -0.25) is 4.79 Å². The highest BCUT2D eigenvalue weighted by Gasteiger charge is 2.19. The van der Waals surface area contributed by atoms with Crippen LogP contribution in [0.3, 0.4) is 0 Å². The minimum atomic E-state index is -0.0880. The van der Waals surface area contributed by atoms with Gasteiger partial charge in [-0.2, -0.15) is 0 Å². The number of rotatable bonds is 3. The summed E-state index contributed by atoms with van der Waals surface area (Å²) in [7, 11) is 0. The molecular formula is C22H19NO2. The number of benzene rings is 3. The number of ether oxygens (including phenoxy) is 1. The van der Waals surface area contributed by atoms with Gasteiger partial charge in [-0.25, -0.2) is 0 Å². The van der Waals surface area contributed by atoms with Crippen molar-refractivity contribution in [2.45, 2.75) is 13.0 Å². The standard InChI is InChI=1S/C22H19NO2/c1-15(19-11-6-9-16-7-2-4-10-20(16)19)23-22(24)18-13-17-8-3-5-12-21(17)25-14-18/h2-13,15H,14H2,1H3,(H,23,24)/t15-/m0/s1. The Morgan fingerprint density at radius 2 is 1.76 bits per heavy atom. The van der Waals surface area contributed by atoms with E-state index in [9.17, 15) is 4.79 Å². The summed E-state index contributed by atoms with van der Waals surface area (Å²) in [5.74, 6) is 0.732. The number of amides is 1. The number of carbonyl (C=O) groups is 1. The van der Waals surface area contributed by atoms with Crippen LogP contribution in [0.5, 0.6) is 5.75 Å². The second-order valence-electron chi connectivity index (χ2n) is 6.26. The molecule has 124 valence electrons. The predicted molar refractivity (Wildman–Crippen MR) is 100 cm³/mol. The van der Waals surface area contributed by atoms with Gasteiger partial charge in [0, 0.05) is 5.56 Å². The van der Waals surface area contributed by atoms with Crippen LogP contribution in [0.1, 0.15) is 24.1 Å². The number of fused-ring (bicyclic) bond motifs is 2. The molecule has 0 unspecified atom stereocenters. The van der Waals surface area contributed by atoms with Gasteiger partial charge in [-0.05, 0) is 35.4 Å². The molecule has 0 fully saturated rings. The molecule has 3 heteroatoms. The molecule has 4 rings (SSSR count). The van der Waals surface area contributed by atoms with Crippen LogP contribution in [0, 0.1) is 0 Å². The first-order chi connectivity index (χ1) is 12.2. The number of hydrogen-bond acceptors (Lipinski definition) is 2. The third kappa shape index (κ3) is 3.01.